The molecule has 0 aliphatic heterocycles. The van der Waals surface area contributed by atoms with Crippen molar-refractivity contribution in [2.24, 2.45) is 0 Å². The number of nitrogens with one attached hydrogen (secondary N) is 2. The molecule has 0 spiro atoms. The number of nitrogens with zero attached hydrogens (tertiary/aromatic N) is 1. The Morgan fingerprint density at radius 2 is 1.94 bits per heavy atom. The number of aliphatic hydroxyl groups excluding tert-OH is 1. The summed E-state index contributed by atoms with van der Waals surface area (Å²) in [6.07, 6.45) is 7.72. The molecule has 0 bridgehead atoms. The van der Waals surface area contributed by atoms with Crippen molar-refractivity contribution in [2.75, 3.05) is 26.7 Å². The van der Waals surface area contributed by atoms with Gasteiger partial charge < -0.3 is 25.4 Å². The van der Waals surface area contributed by atoms with Gasteiger partial charge in [-0.1, -0.05) is 26.0 Å². The van der Waals surface area contributed by atoms with Gasteiger partial charge in [-0.25, -0.2) is 0 Å². The molecule has 0 heterocycles. The van der Waals surface area contributed by atoms with Gasteiger partial charge in [0.05, 0.1) is 19.3 Å². The summed E-state index contributed by atoms with van der Waals surface area (Å²) in [5.41, 5.74) is 1.03. The molecule has 0 aliphatic rings. The van der Waals surface area contributed by atoms with Crippen molar-refractivity contribution in [3.8, 4) is 18.1 Å². The lowest BCUT2D eigenvalue weighted by Crippen LogP contribution is -2.47. The highest BCUT2D eigenvalue weighted by molar-refractivity contribution is 5.79. The summed E-state index contributed by atoms with van der Waals surface area (Å²) in [5, 5.41) is 16.5. The van der Waals surface area contributed by atoms with E-state index in [1.807, 2.05) is 43.0 Å². The van der Waals surface area contributed by atoms with Crippen LogP contribution in [0.2, 0.25) is 0 Å². The minimum Gasteiger partial charge on any atom is -0.497 e. The van der Waals surface area contributed by atoms with Crippen LogP contribution < -0.4 is 15.4 Å². The van der Waals surface area contributed by atoms with E-state index in [-0.39, 0.29) is 31.2 Å². The smallest absolute Gasteiger partial charge is 0.222 e. The molecule has 1 rings (SSSR count). The van der Waals surface area contributed by atoms with Crippen LogP contribution in [0.3, 0.4) is 0 Å². The molecule has 0 aromatic heterocycles. The Bertz CT molecular complexity index is 726. The van der Waals surface area contributed by atoms with E-state index in [9.17, 15) is 14.7 Å². The first-order chi connectivity index (χ1) is 15.4. The minimum absolute atomic E-state index is 0.0865. The Labute approximate surface area is 192 Å². The number of rotatable bonds is 16. The van der Waals surface area contributed by atoms with Crippen LogP contribution in [-0.2, 0) is 16.1 Å². The Hall–Kier alpha value is -2.56. The van der Waals surface area contributed by atoms with Crippen molar-refractivity contribution in [1.82, 2.24) is 15.5 Å². The van der Waals surface area contributed by atoms with Gasteiger partial charge in [-0.3, -0.25) is 9.59 Å². The lowest BCUT2D eigenvalue weighted by molar-refractivity contribution is -0.131. The molecule has 2 atom stereocenters. The van der Waals surface area contributed by atoms with E-state index in [0.29, 0.717) is 19.4 Å². The molecule has 1 aromatic rings. The number of aliphatic hydroxyl groups is 1. The maximum atomic E-state index is 12.4. The van der Waals surface area contributed by atoms with Gasteiger partial charge >= 0.3 is 0 Å². The molecule has 3 N–H and O–H groups in total. The molecule has 0 aliphatic carbocycles. The van der Waals surface area contributed by atoms with Gasteiger partial charge in [0.2, 0.25) is 11.8 Å². The van der Waals surface area contributed by atoms with E-state index in [0.717, 1.165) is 37.2 Å². The third-order valence-corrected chi connectivity index (χ3v) is 5.10. The third-order valence-electron chi connectivity index (χ3n) is 5.10. The molecule has 7 nitrogen and oxygen atoms in total. The van der Waals surface area contributed by atoms with Crippen molar-refractivity contribution >= 4 is 11.8 Å². The zero-order chi connectivity index (χ0) is 23.8. The van der Waals surface area contributed by atoms with Crippen LogP contribution in [0.1, 0.15) is 57.9 Å². The summed E-state index contributed by atoms with van der Waals surface area (Å²) in [4.78, 5) is 26.5. The monoisotopic (exact) mass is 445 g/mol. The predicted octanol–water partition coefficient (Wildman–Crippen LogP) is 2.47. The van der Waals surface area contributed by atoms with Crippen LogP contribution in [-0.4, -0.2) is 60.7 Å². The molecular weight excluding hydrogens is 406 g/mol. The fraction of sp³-hybridized carbons (Fsp3) is 0.600. The molecule has 1 aromatic carbocycles. The van der Waals surface area contributed by atoms with Crippen molar-refractivity contribution in [2.45, 2.75) is 71.1 Å². The van der Waals surface area contributed by atoms with Crippen molar-refractivity contribution in [3.63, 3.8) is 0 Å². The topological polar surface area (TPSA) is 90.9 Å². The number of benzene rings is 1. The molecule has 7 heteroatoms. The van der Waals surface area contributed by atoms with E-state index < -0.39 is 12.1 Å². The van der Waals surface area contributed by atoms with E-state index >= 15 is 0 Å². The van der Waals surface area contributed by atoms with Gasteiger partial charge in [-0.2, -0.15) is 0 Å². The Morgan fingerprint density at radius 1 is 1.22 bits per heavy atom. The molecule has 178 valence electrons. The molecule has 0 radical (unpaired) electrons. The van der Waals surface area contributed by atoms with Crippen LogP contribution in [0.5, 0.6) is 5.75 Å². The maximum absolute atomic E-state index is 12.4. The van der Waals surface area contributed by atoms with E-state index in [2.05, 4.69) is 16.6 Å². The summed E-state index contributed by atoms with van der Waals surface area (Å²) in [6.45, 7) is 6.43. The first-order valence-corrected chi connectivity index (χ1v) is 11.5. The van der Waals surface area contributed by atoms with Crippen molar-refractivity contribution in [1.29, 1.82) is 0 Å². The molecule has 0 saturated carbocycles. The standard InChI is InChI=1S/C25H39N3O4/c1-5-10-22(23(29)19-26-18-20-11-8-12-21(17-20)32-4)27-24(30)13-9-14-25(31)28(15-6-2)16-7-3/h1,8,11-12,17,22-23,26,29H,6-7,9-10,13-16,18-19H2,2-4H3,(H,27,30)/t22-,23+/m0/s1. The number of amides is 2. The zero-order valence-electron chi connectivity index (χ0n) is 19.7. The summed E-state index contributed by atoms with van der Waals surface area (Å²) in [7, 11) is 1.62. The molecular formula is C25H39N3O4. The molecule has 0 saturated heterocycles. The molecule has 32 heavy (non-hydrogen) atoms. The second kappa shape index (κ2) is 16.1. The number of methoxy groups -OCH3 is 1. The first kappa shape index (κ1) is 27.5. The molecule has 0 unspecified atom stereocenters. The lowest BCUT2D eigenvalue weighted by atomic mass is 10.1. The highest BCUT2D eigenvalue weighted by Gasteiger charge is 2.20. The van der Waals surface area contributed by atoms with Gasteiger partial charge in [-0.15, -0.1) is 12.3 Å². The fourth-order valence-corrected chi connectivity index (χ4v) is 3.44. The predicted molar refractivity (Wildman–Crippen MR) is 127 cm³/mol. The van der Waals surface area contributed by atoms with Gasteiger partial charge in [0.15, 0.2) is 0 Å². The van der Waals surface area contributed by atoms with E-state index in [4.69, 9.17) is 11.2 Å². The number of hydrogen-bond acceptors (Lipinski definition) is 5. The average molecular weight is 446 g/mol. The Morgan fingerprint density at radius 3 is 2.56 bits per heavy atom. The number of carbonyl (C=O) groups excluding carboxylic acids is 2. The number of carbonyl (C=O) groups is 2. The van der Waals surface area contributed by atoms with Crippen LogP contribution >= 0.6 is 0 Å². The fourth-order valence-electron chi connectivity index (χ4n) is 3.44. The SMILES string of the molecule is C#CC[C@H](NC(=O)CCCC(=O)N(CCC)CCC)[C@H](O)CNCc1cccc(OC)c1. The summed E-state index contributed by atoms with van der Waals surface area (Å²) in [5.74, 6) is 3.17. The van der Waals surface area contributed by atoms with Gasteiger partial charge in [0.25, 0.3) is 0 Å². The van der Waals surface area contributed by atoms with Crippen LogP contribution in [0.4, 0.5) is 0 Å². The van der Waals surface area contributed by atoms with Crippen LogP contribution in [0.15, 0.2) is 24.3 Å². The van der Waals surface area contributed by atoms with E-state index in [1.165, 1.54) is 0 Å². The van der Waals surface area contributed by atoms with Gasteiger partial charge in [0, 0.05) is 45.4 Å². The molecule has 0 fully saturated rings. The summed E-state index contributed by atoms with van der Waals surface area (Å²) >= 11 is 0. The Balaban J connectivity index is 2.43. The third kappa shape index (κ3) is 10.7. The number of hydrogen-bond donors (Lipinski definition) is 3. The maximum Gasteiger partial charge on any atom is 0.222 e. The van der Waals surface area contributed by atoms with Crippen LogP contribution in [0.25, 0.3) is 0 Å². The highest BCUT2D eigenvalue weighted by atomic mass is 16.5. The normalized spacial score (nSPS) is 12.5. The average Bonchev–Trinajstić information content (AvgIpc) is 2.78. The first-order valence-electron chi connectivity index (χ1n) is 11.5. The number of terminal acetylenes is 1. The minimum atomic E-state index is -0.827. The van der Waals surface area contributed by atoms with Crippen LogP contribution in [0, 0.1) is 12.3 Å². The summed E-state index contributed by atoms with van der Waals surface area (Å²) < 4.78 is 5.21. The van der Waals surface area contributed by atoms with E-state index in [1.54, 1.807) is 7.11 Å². The highest BCUT2D eigenvalue weighted by Crippen LogP contribution is 2.12. The summed E-state index contributed by atoms with van der Waals surface area (Å²) in [6, 6.07) is 7.12. The largest absolute Gasteiger partial charge is 0.497 e. The Kier molecular flexibility index (Phi) is 13.8. The van der Waals surface area contributed by atoms with Gasteiger partial charge in [-0.05, 0) is 37.0 Å². The van der Waals surface area contributed by atoms with Crippen molar-refractivity contribution < 1.29 is 19.4 Å². The van der Waals surface area contributed by atoms with Crippen molar-refractivity contribution in [3.05, 3.63) is 29.8 Å². The lowest BCUT2D eigenvalue weighted by Gasteiger charge is -2.23. The zero-order valence-corrected chi connectivity index (χ0v) is 19.7. The second-order valence-electron chi connectivity index (χ2n) is 7.87. The second-order valence-corrected chi connectivity index (χ2v) is 7.87. The number of ether oxygens (including phenoxy) is 1. The van der Waals surface area contributed by atoms with Gasteiger partial charge in [0.1, 0.15) is 5.75 Å². The quantitative estimate of drug-likeness (QED) is 0.340. The molecule has 2 amide bonds.